The van der Waals surface area contributed by atoms with Crippen LogP contribution in [0.15, 0.2) is 53.3 Å². The standard InChI is InChI=1S/C21H17N3O5/c25-18(23-19(26)13-5-2-1-3-6-13)12-29-21(28)14-8-9-15-16(11-14)22-17-7-4-10-24(17)20(15)27/h1-3,5-6,8-9,11H,4,7,10,12H2,(H,23,25,26). The van der Waals surface area contributed by atoms with E-state index < -0.39 is 24.4 Å². The number of fused-ring (bicyclic) bond motifs is 2. The molecule has 0 atom stereocenters. The van der Waals surface area contributed by atoms with Gasteiger partial charge in [0.05, 0.1) is 16.5 Å². The highest BCUT2D eigenvalue weighted by molar-refractivity contribution is 6.05. The van der Waals surface area contributed by atoms with Crippen molar-refractivity contribution in [3.05, 3.63) is 75.8 Å². The first-order valence-electron chi connectivity index (χ1n) is 9.13. The molecule has 0 saturated carbocycles. The number of esters is 1. The maximum Gasteiger partial charge on any atom is 0.338 e. The van der Waals surface area contributed by atoms with E-state index in [2.05, 4.69) is 10.3 Å². The minimum Gasteiger partial charge on any atom is -0.452 e. The van der Waals surface area contributed by atoms with Gasteiger partial charge < -0.3 is 4.74 Å². The van der Waals surface area contributed by atoms with Crippen LogP contribution >= 0.6 is 0 Å². The Hall–Kier alpha value is -3.81. The molecule has 8 nitrogen and oxygen atoms in total. The predicted molar refractivity (Wildman–Crippen MR) is 104 cm³/mol. The maximum absolute atomic E-state index is 12.5. The van der Waals surface area contributed by atoms with Gasteiger partial charge in [-0.1, -0.05) is 18.2 Å². The summed E-state index contributed by atoms with van der Waals surface area (Å²) in [5.41, 5.74) is 0.795. The molecule has 0 saturated heterocycles. The van der Waals surface area contributed by atoms with Crippen LogP contribution in [0.5, 0.6) is 0 Å². The van der Waals surface area contributed by atoms with Gasteiger partial charge >= 0.3 is 5.97 Å². The average Bonchev–Trinajstić information content (AvgIpc) is 3.21. The number of hydrogen-bond donors (Lipinski definition) is 1. The van der Waals surface area contributed by atoms with E-state index in [1.165, 1.54) is 18.2 Å². The third-order valence-corrected chi connectivity index (χ3v) is 4.68. The van der Waals surface area contributed by atoms with E-state index in [1.54, 1.807) is 34.9 Å². The highest BCUT2D eigenvalue weighted by atomic mass is 16.5. The van der Waals surface area contributed by atoms with Gasteiger partial charge in [-0.3, -0.25) is 24.3 Å². The van der Waals surface area contributed by atoms with Crippen molar-refractivity contribution in [2.45, 2.75) is 19.4 Å². The molecule has 1 N–H and O–H groups in total. The number of carbonyl (C=O) groups excluding carboxylic acids is 3. The Morgan fingerprint density at radius 3 is 2.66 bits per heavy atom. The van der Waals surface area contributed by atoms with Gasteiger partial charge in [0.15, 0.2) is 6.61 Å². The molecule has 0 fully saturated rings. The molecule has 29 heavy (non-hydrogen) atoms. The zero-order valence-corrected chi connectivity index (χ0v) is 15.4. The summed E-state index contributed by atoms with van der Waals surface area (Å²) in [5.74, 6) is -1.35. The Morgan fingerprint density at radius 2 is 1.86 bits per heavy atom. The second-order valence-corrected chi connectivity index (χ2v) is 6.64. The third kappa shape index (κ3) is 3.77. The second-order valence-electron chi connectivity index (χ2n) is 6.64. The third-order valence-electron chi connectivity index (χ3n) is 4.68. The number of hydrogen-bond acceptors (Lipinski definition) is 6. The van der Waals surface area contributed by atoms with Crippen LogP contribution in [0.3, 0.4) is 0 Å². The molecular weight excluding hydrogens is 374 g/mol. The molecular formula is C21H17N3O5. The fourth-order valence-electron chi connectivity index (χ4n) is 3.25. The lowest BCUT2D eigenvalue weighted by Gasteiger charge is -2.08. The van der Waals surface area contributed by atoms with E-state index in [9.17, 15) is 19.2 Å². The van der Waals surface area contributed by atoms with Crippen molar-refractivity contribution in [1.29, 1.82) is 0 Å². The van der Waals surface area contributed by atoms with Gasteiger partial charge in [0.2, 0.25) is 0 Å². The van der Waals surface area contributed by atoms with Gasteiger partial charge in [0, 0.05) is 18.5 Å². The topological polar surface area (TPSA) is 107 Å². The minimum absolute atomic E-state index is 0.124. The second kappa shape index (κ2) is 7.67. The summed E-state index contributed by atoms with van der Waals surface area (Å²) in [7, 11) is 0. The zero-order chi connectivity index (χ0) is 20.4. The summed E-state index contributed by atoms with van der Waals surface area (Å²) in [5, 5.41) is 2.59. The largest absolute Gasteiger partial charge is 0.452 e. The molecule has 4 rings (SSSR count). The van der Waals surface area contributed by atoms with Crippen molar-refractivity contribution in [2.75, 3.05) is 6.61 Å². The van der Waals surface area contributed by atoms with Gasteiger partial charge in [-0.25, -0.2) is 9.78 Å². The van der Waals surface area contributed by atoms with Crippen LogP contribution in [0.2, 0.25) is 0 Å². The number of aromatic nitrogens is 2. The van der Waals surface area contributed by atoms with Gasteiger partial charge in [0.25, 0.3) is 17.4 Å². The van der Waals surface area contributed by atoms with E-state index in [-0.39, 0.29) is 11.1 Å². The number of aryl methyl sites for hydroxylation is 1. The summed E-state index contributed by atoms with van der Waals surface area (Å²) in [4.78, 5) is 53.0. The average molecular weight is 391 g/mol. The molecule has 2 heterocycles. The van der Waals surface area contributed by atoms with Crippen LogP contribution in [0.4, 0.5) is 0 Å². The van der Waals surface area contributed by atoms with Gasteiger partial charge in [-0.05, 0) is 36.8 Å². The molecule has 1 aliphatic rings. The Morgan fingerprint density at radius 1 is 1.07 bits per heavy atom. The number of benzene rings is 2. The molecule has 1 aromatic heterocycles. The molecule has 2 amide bonds. The van der Waals surface area contributed by atoms with E-state index in [0.717, 1.165) is 12.8 Å². The van der Waals surface area contributed by atoms with Crippen LogP contribution in [0.1, 0.15) is 33.0 Å². The Balaban J connectivity index is 1.43. The van der Waals surface area contributed by atoms with Crippen molar-refractivity contribution in [2.24, 2.45) is 0 Å². The first-order chi connectivity index (χ1) is 14.0. The van der Waals surface area contributed by atoms with E-state index in [0.29, 0.717) is 28.8 Å². The SMILES string of the molecule is O=C(COC(=O)c1ccc2c(=O)n3c(nc2c1)CCC3)NC(=O)c1ccccc1. The molecule has 146 valence electrons. The molecule has 0 unspecified atom stereocenters. The molecule has 0 radical (unpaired) electrons. The van der Waals surface area contributed by atoms with Crippen molar-refractivity contribution in [3.8, 4) is 0 Å². The quantitative estimate of drug-likeness (QED) is 0.675. The van der Waals surface area contributed by atoms with E-state index >= 15 is 0 Å². The van der Waals surface area contributed by atoms with Crippen molar-refractivity contribution >= 4 is 28.7 Å². The van der Waals surface area contributed by atoms with E-state index in [1.807, 2.05) is 0 Å². The van der Waals surface area contributed by atoms with E-state index in [4.69, 9.17) is 4.74 Å². The molecule has 0 spiro atoms. The van der Waals surface area contributed by atoms with Crippen LogP contribution < -0.4 is 10.9 Å². The summed E-state index contributed by atoms with van der Waals surface area (Å²) in [6, 6.07) is 12.7. The number of nitrogens with zero attached hydrogens (tertiary/aromatic N) is 2. The number of carbonyl (C=O) groups is 3. The number of ether oxygens (including phenoxy) is 1. The Kier molecular flexibility index (Phi) is 4.90. The van der Waals surface area contributed by atoms with Gasteiger partial charge in [0.1, 0.15) is 5.82 Å². The van der Waals surface area contributed by atoms with Crippen LogP contribution in [0.25, 0.3) is 10.9 Å². The fraction of sp³-hybridized carbons (Fsp3) is 0.190. The molecule has 0 aliphatic carbocycles. The number of nitrogens with one attached hydrogen (secondary N) is 1. The van der Waals surface area contributed by atoms with Crippen LogP contribution in [0, 0.1) is 0 Å². The normalized spacial score (nSPS) is 12.4. The summed E-state index contributed by atoms with van der Waals surface area (Å²) < 4.78 is 6.63. The Labute approximate surface area is 165 Å². The predicted octanol–water partition coefficient (Wildman–Crippen LogP) is 1.46. The number of amides is 2. The first-order valence-corrected chi connectivity index (χ1v) is 9.13. The molecule has 2 aromatic carbocycles. The van der Waals surface area contributed by atoms with Crippen LogP contribution in [-0.2, 0) is 22.5 Å². The van der Waals surface area contributed by atoms with Crippen LogP contribution in [-0.4, -0.2) is 33.9 Å². The monoisotopic (exact) mass is 391 g/mol. The Bertz CT molecular complexity index is 1180. The molecule has 3 aromatic rings. The van der Waals surface area contributed by atoms with Gasteiger partial charge in [-0.2, -0.15) is 0 Å². The molecule has 0 bridgehead atoms. The summed E-state index contributed by atoms with van der Waals surface area (Å²) in [6.45, 7) is 0.0490. The zero-order valence-electron chi connectivity index (χ0n) is 15.4. The lowest BCUT2D eigenvalue weighted by Crippen LogP contribution is -2.34. The summed E-state index contributed by atoms with van der Waals surface area (Å²) in [6.07, 6.45) is 1.58. The lowest BCUT2D eigenvalue weighted by atomic mass is 10.1. The number of imide groups is 1. The number of rotatable bonds is 4. The summed E-state index contributed by atoms with van der Waals surface area (Å²) >= 11 is 0. The lowest BCUT2D eigenvalue weighted by molar-refractivity contribution is -0.123. The fourth-order valence-corrected chi connectivity index (χ4v) is 3.25. The van der Waals surface area contributed by atoms with Crippen molar-refractivity contribution in [1.82, 2.24) is 14.9 Å². The molecule has 1 aliphatic heterocycles. The van der Waals surface area contributed by atoms with Crippen molar-refractivity contribution < 1.29 is 19.1 Å². The first kappa shape index (κ1) is 18.5. The minimum atomic E-state index is -0.739. The van der Waals surface area contributed by atoms with Crippen molar-refractivity contribution in [3.63, 3.8) is 0 Å². The van der Waals surface area contributed by atoms with Gasteiger partial charge in [-0.15, -0.1) is 0 Å². The molecule has 8 heteroatoms. The smallest absolute Gasteiger partial charge is 0.338 e. The maximum atomic E-state index is 12.5. The highest BCUT2D eigenvalue weighted by Crippen LogP contribution is 2.16. The highest BCUT2D eigenvalue weighted by Gasteiger charge is 2.18.